The molecule has 0 saturated carbocycles. The van der Waals surface area contributed by atoms with Gasteiger partial charge in [0.2, 0.25) is 0 Å². The van der Waals surface area contributed by atoms with Crippen LogP contribution in [0.4, 0.5) is 5.82 Å². The number of aromatic amines is 1. The third kappa shape index (κ3) is 3.24. The molecule has 2 heterocycles. The molecule has 1 aromatic heterocycles. The van der Waals surface area contributed by atoms with Crippen LogP contribution in [0.2, 0.25) is 0 Å². The van der Waals surface area contributed by atoms with Crippen molar-refractivity contribution in [2.24, 2.45) is 0 Å². The Morgan fingerprint density at radius 2 is 2.24 bits per heavy atom. The summed E-state index contributed by atoms with van der Waals surface area (Å²) in [5.74, 6) is 1.83. The van der Waals surface area contributed by atoms with Gasteiger partial charge < -0.3 is 15.0 Å². The van der Waals surface area contributed by atoms with Crippen LogP contribution in [0, 0.1) is 4.77 Å². The predicted molar refractivity (Wildman–Crippen MR) is 86.6 cm³/mol. The molecule has 0 radical (unpaired) electrons. The molecule has 21 heavy (non-hydrogen) atoms. The molecule has 0 saturated heterocycles. The second-order valence-electron chi connectivity index (χ2n) is 5.26. The molecule has 0 fully saturated rings. The van der Waals surface area contributed by atoms with Crippen LogP contribution < -0.4 is 10.1 Å². The van der Waals surface area contributed by atoms with E-state index in [2.05, 4.69) is 27.4 Å². The van der Waals surface area contributed by atoms with Crippen LogP contribution in [0.25, 0.3) is 0 Å². The number of hydrogen-bond acceptors (Lipinski definition) is 4. The van der Waals surface area contributed by atoms with Crippen molar-refractivity contribution in [2.75, 3.05) is 19.0 Å². The van der Waals surface area contributed by atoms with Gasteiger partial charge in [-0.3, -0.25) is 0 Å². The zero-order chi connectivity index (χ0) is 14.7. The minimum atomic E-state index is 0.543. The zero-order valence-corrected chi connectivity index (χ0v) is 12.9. The molecular formula is C16H19N3OS. The highest BCUT2D eigenvalue weighted by molar-refractivity contribution is 7.71. The maximum absolute atomic E-state index is 5.29. The van der Waals surface area contributed by atoms with Crippen LogP contribution in [0.3, 0.4) is 0 Å². The summed E-state index contributed by atoms with van der Waals surface area (Å²) in [6.07, 6.45) is 4.20. The van der Waals surface area contributed by atoms with Gasteiger partial charge in [0.1, 0.15) is 11.6 Å². The molecule has 1 aliphatic heterocycles. The number of aromatic nitrogens is 2. The van der Waals surface area contributed by atoms with Gasteiger partial charge >= 0.3 is 0 Å². The second-order valence-corrected chi connectivity index (χ2v) is 5.65. The van der Waals surface area contributed by atoms with Crippen LogP contribution >= 0.6 is 12.2 Å². The summed E-state index contributed by atoms with van der Waals surface area (Å²) in [6, 6.07) is 8.14. The number of nitrogens with zero attached hydrogens (tertiary/aromatic N) is 1. The molecule has 0 bridgehead atoms. The summed E-state index contributed by atoms with van der Waals surface area (Å²) in [4.78, 5) is 7.71. The van der Waals surface area contributed by atoms with Gasteiger partial charge in [-0.15, -0.1) is 0 Å². The first kappa shape index (κ1) is 14.1. The highest BCUT2D eigenvalue weighted by Crippen LogP contribution is 2.24. The lowest BCUT2D eigenvalue weighted by molar-refractivity contribution is 0.414. The van der Waals surface area contributed by atoms with Gasteiger partial charge in [-0.25, -0.2) is 4.98 Å². The normalized spacial score (nSPS) is 14.0. The number of nitrogens with one attached hydrogen (secondary N) is 2. The lowest BCUT2D eigenvalue weighted by Crippen LogP contribution is -2.07. The minimum Gasteiger partial charge on any atom is -0.497 e. The molecule has 1 aliphatic rings. The van der Waals surface area contributed by atoms with Gasteiger partial charge in [0.15, 0.2) is 4.77 Å². The van der Waals surface area contributed by atoms with Crippen molar-refractivity contribution >= 4 is 18.0 Å². The summed E-state index contributed by atoms with van der Waals surface area (Å²) in [5.41, 5.74) is 3.63. The van der Waals surface area contributed by atoms with Crippen LogP contribution in [-0.2, 0) is 12.8 Å². The van der Waals surface area contributed by atoms with Crippen molar-refractivity contribution in [3.05, 3.63) is 45.9 Å². The fraction of sp³-hybridized carbons (Fsp3) is 0.375. The number of fused-ring (bicyclic) bond motifs is 1. The second kappa shape index (κ2) is 6.26. The molecule has 1 aromatic carbocycles. The Kier molecular flexibility index (Phi) is 4.20. The van der Waals surface area contributed by atoms with Crippen molar-refractivity contribution in [1.82, 2.24) is 9.97 Å². The molecule has 0 atom stereocenters. The lowest BCUT2D eigenvalue weighted by Gasteiger charge is -2.12. The van der Waals surface area contributed by atoms with Crippen LogP contribution in [0.1, 0.15) is 29.7 Å². The van der Waals surface area contributed by atoms with Gasteiger partial charge in [-0.1, -0.05) is 12.1 Å². The molecule has 0 aliphatic carbocycles. The summed E-state index contributed by atoms with van der Waals surface area (Å²) in [6.45, 7) is 0.970. The molecule has 0 amide bonds. The third-order valence-corrected chi connectivity index (χ3v) is 3.98. The van der Waals surface area contributed by atoms with E-state index in [4.69, 9.17) is 17.0 Å². The maximum atomic E-state index is 5.29. The first-order chi connectivity index (χ1) is 10.3. The van der Waals surface area contributed by atoms with Crippen molar-refractivity contribution in [1.29, 1.82) is 0 Å². The summed E-state index contributed by atoms with van der Waals surface area (Å²) >= 11 is 5.26. The van der Waals surface area contributed by atoms with Gasteiger partial charge in [0, 0.05) is 24.2 Å². The minimum absolute atomic E-state index is 0.543. The van der Waals surface area contributed by atoms with Gasteiger partial charge in [-0.2, -0.15) is 0 Å². The Labute approximate surface area is 129 Å². The number of anilines is 1. The summed E-state index contributed by atoms with van der Waals surface area (Å²) < 4.78 is 5.84. The average molecular weight is 301 g/mol. The Morgan fingerprint density at radius 3 is 3.10 bits per heavy atom. The van der Waals surface area contributed by atoms with E-state index in [0.29, 0.717) is 4.77 Å². The molecule has 0 unspecified atom stereocenters. The topological polar surface area (TPSA) is 49.9 Å². The molecule has 0 spiro atoms. The first-order valence-electron chi connectivity index (χ1n) is 7.25. The number of benzene rings is 1. The van der Waals surface area contributed by atoms with Crippen LogP contribution in [-0.4, -0.2) is 23.6 Å². The Hall–Kier alpha value is -1.88. The van der Waals surface area contributed by atoms with Crippen molar-refractivity contribution < 1.29 is 4.74 Å². The van der Waals surface area contributed by atoms with E-state index in [9.17, 15) is 0 Å². The molecule has 2 N–H and O–H groups in total. The van der Waals surface area contributed by atoms with E-state index >= 15 is 0 Å². The van der Waals surface area contributed by atoms with E-state index in [-0.39, 0.29) is 0 Å². The van der Waals surface area contributed by atoms with Gasteiger partial charge in [0.25, 0.3) is 0 Å². The number of rotatable bonds is 3. The molecule has 2 aromatic rings. The van der Waals surface area contributed by atoms with Gasteiger partial charge in [-0.05, 0) is 49.2 Å². The Balaban J connectivity index is 1.97. The standard InChI is InChI=1S/C16H19N3OS/c1-20-12-6-4-5-11(9-12)10-14-13-7-2-3-8-17-15(13)19-16(21)18-14/h4-6,9H,2-3,7-8,10H2,1H3,(H2,17,18,19,21). The van der Waals surface area contributed by atoms with E-state index in [1.54, 1.807) is 7.11 Å². The smallest absolute Gasteiger partial charge is 0.198 e. The number of hydrogen-bond donors (Lipinski definition) is 2. The van der Waals surface area contributed by atoms with Crippen molar-refractivity contribution in [3.63, 3.8) is 0 Å². The SMILES string of the molecule is COc1cccc(Cc2[nH]c(=S)nc3c2CCCCN3)c1. The molecule has 3 rings (SSSR count). The number of methoxy groups -OCH3 is 1. The highest BCUT2D eigenvalue weighted by atomic mass is 32.1. The van der Waals surface area contributed by atoms with Gasteiger partial charge in [0.05, 0.1) is 7.11 Å². The average Bonchev–Trinajstić information content (AvgIpc) is 2.73. The quantitative estimate of drug-likeness (QED) is 0.852. The molecule has 4 nitrogen and oxygen atoms in total. The third-order valence-electron chi connectivity index (χ3n) is 3.78. The van der Waals surface area contributed by atoms with Crippen molar-refractivity contribution in [3.8, 4) is 5.75 Å². The van der Waals surface area contributed by atoms with E-state index in [0.717, 1.165) is 36.6 Å². The zero-order valence-electron chi connectivity index (χ0n) is 12.1. The Morgan fingerprint density at radius 1 is 1.33 bits per heavy atom. The molecular weight excluding hydrogens is 282 g/mol. The largest absolute Gasteiger partial charge is 0.497 e. The molecule has 110 valence electrons. The van der Waals surface area contributed by atoms with Crippen LogP contribution in [0.5, 0.6) is 5.75 Å². The Bertz CT molecular complexity index is 696. The lowest BCUT2D eigenvalue weighted by atomic mass is 10.0. The van der Waals surface area contributed by atoms with E-state index in [1.165, 1.54) is 24.0 Å². The predicted octanol–water partition coefficient (Wildman–Crippen LogP) is 3.49. The monoisotopic (exact) mass is 301 g/mol. The van der Waals surface area contributed by atoms with E-state index in [1.807, 2.05) is 12.1 Å². The highest BCUT2D eigenvalue weighted by Gasteiger charge is 2.14. The van der Waals surface area contributed by atoms with Crippen molar-refractivity contribution in [2.45, 2.75) is 25.7 Å². The number of H-pyrrole nitrogens is 1. The first-order valence-corrected chi connectivity index (χ1v) is 7.66. The molecule has 5 heteroatoms. The maximum Gasteiger partial charge on any atom is 0.198 e. The van der Waals surface area contributed by atoms with E-state index < -0.39 is 0 Å². The number of ether oxygens (including phenoxy) is 1. The summed E-state index contributed by atoms with van der Waals surface area (Å²) in [5, 5.41) is 3.39. The van der Waals surface area contributed by atoms with Crippen LogP contribution in [0.15, 0.2) is 24.3 Å². The fourth-order valence-electron chi connectivity index (χ4n) is 2.73. The summed E-state index contributed by atoms with van der Waals surface area (Å²) in [7, 11) is 1.69. The fourth-order valence-corrected chi connectivity index (χ4v) is 2.95.